The van der Waals surface area contributed by atoms with Gasteiger partial charge in [-0.05, 0) is 35.7 Å². The summed E-state index contributed by atoms with van der Waals surface area (Å²) in [5.74, 6) is -2.21. The van der Waals surface area contributed by atoms with Crippen LogP contribution >= 0.6 is 0 Å². The van der Waals surface area contributed by atoms with E-state index in [2.05, 4.69) is 0 Å². The summed E-state index contributed by atoms with van der Waals surface area (Å²) in [5, 5.41) is 0. The van der Waals surface area contributed by atoms with Gasteiger partial charge in [-0.3, -0.25) is 9.59 Å². The van der Waals surface area contributed by atoms with Gasteiger partial charge in [0.15, 0.2) is 0 Å². The Bertz CT molecular complexity index is 1050. The molecular formula is C21H16O8. The van der Waals surface area contributed by atoms with Crippen LogP contribution in [-0.2, 0) is 35.0 Å². The van der Waals surface area contributed by atoms with Crippen LogP contribution in [0.1, 0.15) is 69.4 Å². The van der Waals surface area contributed by atoms with E-state index in [1.165, 1.54) is 13.8 Å². The quantitative estimate of drug-likeness (QED) is 0.727. The van der Waals surface area contributed by atoms with Gasteiger partial charge in [-0.15, -0.1) is 0 Å². The third-order valence-electron chi connectivity index (χ3n) is 4.56. The second-order valence-electron chi connectivity index (χ2n) is 6.71. The van der Waals surface area contributed by atoms with Gasteiger partial charge < -0.3 is 18.9 Å². The van der Waals surface area contributed by atoms with E-state index >= 15 is 0 Å². The minimum atomic E-state index is -1.06. The number of hydrogen-bond acceptors (Lipinski definition) is 8. The van der Waals surface area contributed by atoms with E-state index in [4.69, 9.17) is 18.9 Å². The summed E-state index contributed by atoms with van der Waals surface area (Å²) >= 11 is 0. The van der Waals surface area contributed by atoms with Crippen molar-refractivity contribution >= 4 is 23.9 Å². The van der Waals surface area contributed by atoms with E-state index in [9.17, 15) is 19.2 Å². The molecule has 0 amide bonds. The SMILES string of the molecule is CC(=O)OC1OC(=O)c2cc(Cc3ccc4c(c3)C(OC(C)=O)OC4=O)ccc21. The number of esters is 4. The summed E-state index contributed by atoms with van der Waals surface area (Å²) in [4.78, 5) is 46.4. The summed E-state index contributed by atoms with van der Waals surface area (Å²) in [5.41, 5.74) is 3.32. The van der Waals surface area contributed by atoms with Crippen LogP contribution in [-0.4, -0.2) is 23.9 Å². The predicted octanol–water partition coefficient (Wildman–Crippen LogP) is 2.74. The third kappa shape index (κ3) is 3.56. The van der Waals surface area contributed by atoms with Crippen LogP contribution in [0.4, 0.5) is 0 Å². The van der Waals surface area contributed by atoms with Gasteiger partial charge in [-0.25, -0.2) is 9.59 Å². The van der Waals surface area contributed by atoms with Gasteiger partial charge in [0.25, 0.3) is 12.6 Å². The van der Waals surface area contributed by atoms with Crippen LogP contribution in [0.5, 0.6) is 0 Å². The molecule has 2 heterocycles. The zero-order valence-electron chi connectivity index (χ0n) is 15.6. The molecule has 0 N–H and O–H groups in total. The van der Waals surface area contributed by atoms with Crippen molar-refractivity contribution in [2.24, 2.45) is 0 Å². The van der Waals surface area contributed by atoms with Gasteiger partial charge in [-0.1, -0.05) is 18.2 Å². The molecule has 0 spiro atoms. The Kier molecular flexibility index (Phi) is 4.54. The molecule has 0 aliphatic carbocycles. The molecule has 0 radical (unpaired) electrons. The summed E-state index contributed by atoms with van der Waals surface area (Å²) in [6, 6.07) is 10.3. The van der Waals surface area contributed by atoms with E-state index in [1.807, 2.05) is 0 Å². The maximum atomic E-state index is 12.1. The summed E-state index contributed by atoms with van der Waals surface area (Å²) in [7, 11) is 0. The van der Waals surface area contributed by atoms with Gasteiger partial charge >= 0.3 is 23.9 Å². The first-order chi connectivity index (χ1) is 13.8. The smallest absolute Gasteiger partial charge is 0.342 e. The summed E-state index contributed by atoms with van der Waals surface area (Å²) in [6.07, 6.45) is -1.64. The van der Waals surface area contributed by atoms with Gasteiger partial charge in [0.05, 0.1) is 11.1 Å². The largest absolute Gasteiger partial charge is 0.421 e. The minimum absolute atomic E-state index is 0.339. The topological polar surface area (TPSA) is 105 Å². The van der Waals surface area contributed by atoms with Crippen molar-refractivity contribution < 1.29 is 38.1 Å². The van der Waals surface area contributed by atoms with E-state index in [0.717, 1.165) is 11.1 Å². The summed E-state index contributed by atoms with van der Waals surface area (Å²) < 4.78 is 20.2. The highest BCUT2D eigenvalue weighted by Gasteiger charge is 2.35. The third-order valence-corrected chi connectivity index (χ3v) is 4.56. The first kappa shape index (κ1) is 18.7. The lowest BCUT2D eigenvalue weighted by molar-refractivity contribution is -0.166. The van der Waals surface area contributed by atoms with Gasteiger partial charge in [-0.2, -0.15) is 0 Å². The second kappa shape index (κ2) is 7.05. The lowest BCUT2D eigenvalue weighted by Gasteiger charge is -2.11. The van der Waals surface area contributed by atoms with Gasteiger partial charge in [0.2, 0.25) is 0 Å². The fraction of sp³-hybridized carbons (Fsp3) is 0.238. The fourth-order valence-corrected chi connectivity index (χ4v) is 3.36. The average Bonchev–Trinajstić information content (AvgIpc) is 3.11. The lowest BCUT2D eigenvalue weighted by atomic mass is 9.97. The van der Waals surface area contributed by atoms with Crippen molar-refractivity contribution in [3.63, 3.8) is 0 Å². The zero-order chi connectivity index (χ0) is 20.7. The highest BCUT2D eigenvalue weighted by molar-refractivity contribution is 5.95. The van der Waals surface area contributed by atoms with Crippen LogP contribution in [0.2, 0.25) is 0 Å². The number of ether oxygens (including phenoxy) is 4. The zero-order valence-corrected chi connectivity index (χ0v) is 15.6. The van der Waals surface area contributed by atoms with E-state index in [0.29, 0.717) is 28.7 Å². The van der Waals surface area contributed by atoms with Crippen molar-refractivity contribution in [2.45, 2.75) is 32.8 Å². The molecule has 0 saturated heterocycles. The van der Waals surface area contributed by atoms with Crippen molar-refractivity contribution in [3.05, 3.63) is 69.8 Å². The monoisotopic (exact) mass is 396 g/mol. The molecular weight excluding hydrogens is 380 g/mol. The highest BCUT2D eigenvalue weighted by Crippen LogP contribution is 2.35. The average molecular weight is 396 g/mol. The van der Waals surface area contributed by atoms with Crippen molar-refractivity contribution in [3.8, 4) is 0 Å². The van der Waals surface area contributed by atoms with Crippen molar-refractivity contribution in [1.29, 1.82) is 0 Å². The Hall–Kier alpha value is -3.68. The van der Waals surface area contributed by atoms with Crippen LogP contribution in [0, 0.1) is 0 Å². The Morgan fingerprint density at radius 2 is 1.34 bits per heavy atom. The molecule has 0 saturated carbocycles. The fourth-order valence-electron chi connectivity index (χ4n) is 3.36. The van der Waals surface area contributed by atoms with Crippen LogP contribution < -0.4 is 0 Å². The number of carbonyl (C=O) groups is 4. The maximum absolute atomic E-state index is 12.1. The molecule has 2 aliphatic rings. The molecule has 2 aliphatic heterocycles. The number of cyclic esters (lactones) is 2. The standard InChI is InChI=1S/C21H16O8/c1-10(22)26-20-15-6-4-12(8-16(15)19(25)29-20)7-13-3-5-14-17(9-13)21(27-11(2)23)28-18(14)24/h3-6,8-9,20-21H,7H2,1-2H3. The Morgan fingerprint density at radius 1 is 0.793 bits per heavy atom. The highest BCUT2D eigenvalue weighted by atomic mass is 16.7. The molecule has 8 heteroatoms. The molecule has 2 aromatic rings. The molecule has 8 nitrogen and oxygen atoms in total. The molecule has 2 atom stereocenters. The minimum Gasteiger partial charge on any atom is -0.421 e. The van der Waals surface area contributed by atoms with Gasteiger partial charge in [0, 0.05) is 25.0 Å². The van der Waals surface area contributed by atoms with Crippen LogP contribution in [0.15, 0.2) is 36.4 Å². The normalized spacial score (nSPS) is 19.1. The first-order valence-electron chi connectivity index (χ1n) is 8.84. The molecule has 29 heavy (non-hydrogen) atoms. The number of rotatable bonds is 4. The molecule has 148 valence electrons. The maximum Gasteiger partial charge on any atom is 0.342 e. The van der Waals surface area contributed by atoms with Crippen LogP contribution in [0.25, 0.3) is 0 Å². The van der Waals surface area contributed by atoms with Crippen molar-refractivity contribution in [2.75, 3.05) is 0 Å². The Balaban J connectivity index is 1.59. The van der Waals surface area contributed by atoms with E-state index in [1.54, 1.807) is 36.4 Å². The summed E-state index contributed by atoms with van der Waals surface area (Å²) in [6.45, 7) is 2.48. The molecule has 2 aromatic carbocycles. The number of carbonyl (C=O) groups excluding carboxylic acids is 4. The number of fused-ring (bicyclic) bond motifs is 2. The van der Waals surface area contributed by atoms with E-state index in [-0.39, 0.29) is 0 Å². The first-order valence-corrected chi connectivity index (χ1v) is 8.84. The number of benzene rings is 2. The molecule has 2 unspecified atom stereocenters. The lowest BCUT2D eigenvalue weighted by Crippen LogP contribution is -2.08. The Labute approximate surface area is 165 Å². The predicted molar refractivity (Wildman–Crippen MR) is 95.5 cm³/mol. The van der Waals surface area contributed by atoms with Crippen molar-refractivity contribution in [1.82, 2.24) is 0 Å². The van der Waals surface area contributed by atoms with Crippen LogP contribution in [0.3, 0.4) is 0 Å². The molecule has 0 aromatic heterocycles. The second-order valence-corrected chi connectivity index (χ2v) is 6.71. The van der Waals surface area contributed by atoms with Gasteiger partial charge in [0.1, 0.15) is 0 Å². The Morgan fingerprint density at radius 3 is 2.00 bits per heavy atom. The number of hydrogen-bond donors (Lipinski definition) is 0. The molecule has 4 rings (SSSR count). The molecule has 0 bridgehead atoms. The molecule has 0 fully saturated rings. The van der Waals surface area contributed by atoms with E-state index < -0.39 is 36.5 Å².